The zero-order chi connectivity index (χ0) is 30.5. The number of anilines is 3. The summed E-state index contributed by atoms with van der Waals surface area (Å²) in [5.41, 5.74) is 3.59. The van der Waals surface area contributed by atoms with Crippen LogP contribution in [0.2, 0.25) is 0 Å². The maximum absolute atomic E-state index is 13.8. The lowest BCUT2D eigenvalue weighted by Gasteiger charge is -2.26. The van der Waals surface area contributed by atoms with Gasteiger partial charge in [-0.1, -0.05) is 42.0 Å². The second-order valence-electron chi connectivity index (χ2n) is 9.72. The van der Waals surface area contributed by atoms with Gasteiger partial charge in [-0.25, -0.2) is 16.8 Å². The molecule has 0 aliphatic carbocycles. The summed E-state index contributed by atoms with van der Waals surface area (Å²) >= 11 is 0. The van der Waals surface area contributed by atoms with E-state index >= 15 is 0 Å². The van der Waals surface area contributed by atoms with Gasteiger partial charge in [0.05, 0.1) is 27.8 Å². The summed E-state index contributed by atoms with van der Waals surface area (Å²) in [6.07, 6.45) is 0. The molecule has 11 heteroatoms. The Labute approximate surface area is 247 Å². The summed E-state index contributed by atoms with van der Waals surface area (Å²) in [6.45, 7) is 7.07. The third-order valence-corrected chi connectivity index (χ3v) is 9.57. The van der Waals surface area contributed by atoms with E-state index in [-0.39, 0.29) is 15.5 Å². The van der Waals surface area contributed by atoms with Gasteiger partial charge in [0, 0.05) is 5.69 Å². The van der Waals surface area contributed by atoms with E-state index in [0.717, 1.165) is 21.0 Å². The third-order valence-electron chi connectivity index (χ3n) is 6.42. The standard InChI is InChI=1S/C31H33N3O6S2/c1-5-40-30-9-7-6-8-29(30)34(42(38,39)27-16-11-22(2)12-17-27)21-31(35)32-25-14-18-26(19-15-25)41(36,37)33-28-20-23(3)10-13-24(28)4/h6-20,33H,5,21H2,1-4H3,(H,32,35). The number of sulfonamides is 2. The number of aryl methyl sites for hydroxylation is 3. The number of amides is 1. The van der Waals surface area contributed by atoms with Gasteiger partial charge in [-0.05, 0) is 93.4 Å². The fraction of sp³-hybridized carbons (Fsp3) is 0.194. The summed E-state index contributed by atoms with van der Waals surface area (Å²) in [5, 5.41) is 2.67. The molecule has 0 unspecified atom stereocenters. The molecule has 0 saturated carbocycles. The monoisotopic (exact) mass is 607 g/mol. The summed E-state index contributed by atoms with van der Waals surface area (Å²) < 4.78 is 62.7. The maximum atomic E-state index is 13.8. The molecule has 0 saturated heterocycles. The van der Waals surface area contributed by atoms with Gasteiger partial charge < -0.3 is 10.1 Å². The molecule has 0 spiro atoms. The van der Waals surface area contributed by atoms with Crippen molar-refractivity contribution in [2.45, 2.75) is 37.5 Å². The molecule has 0 atom stereocenters. The molecular formula is C31H33N3O6S2. The SMILES string of the molecule is CCOc1ccccc1N(CC(=O)Nc1ccc(S(=O)(=O)Nc2cc(C)ccc2C)cc1)S(=O)(=O)c1ccc(C)cc1. The third kappa shape index (κ3) is 7.10. The van der Waals surface area contributed by atoms with Crippen molar-refractivity contribution in [3.63, 3.8) is 0 Å². The second kappa shape index (κ2) is 12.7. The molecule has 0 heterocycles. The average molecular weight is 608 g/mol. The molecule has 2 N–H and O–H groups in total. The molecule has 4 rings (SSSR count). The quantitative estimate of drug-likeness (QED) is 0.227. The number of ether oxygens (including phenoxy) is 1. The summed E-state index contributed by atoms with van der Waals surface area (Å²) in [6, 6.07) is 24.1. The van der Waals surface area contributed by atoms with Crippen molar-refractivity contribution < 1.29 is 26.4 Å². The van der Waals surface area contributed by atoms with Crippen molar-refractivity contribution >= 4 is 43.0 Å². The van der Waals surface area contributed by atoms with Crippen LogP contribution < -0.4 is 19.1 Å². The van der Waals surface area contributed by atoms with E-state index in [1.165, 1.54) is 36.4 Å². The number of benzene rings is 4. The van der Waals surface area contributed by atoms with Crippen molar-refractivity contribution in [3.8, 4) is 5.75 Å². The number of carbonyl (C=O) groups is 1. The van der Waals surface area contributed by atoms with Crippen LogP contribution in [0.1, 0.15) is 23.6 Å². The van der Waals surface area contributed by atoms with Crippen molar-refractivity contribution in [3.05, 3.63) is 108 Å². The van der Waals surface area contributed by atoms with Crippen LogP contribution in [-0.2, 0) is 24.8 Å². The molecule has 0 fully saturated rings. The van der Waals surface area contributed by atoms with Gasteiger partial charge in [0.25, 0.3) is 20.0 Å². The molecule has 220 valence electrons. The molecule has 0 bridgehead atoms. The predicted molar refractivity (Wildman–Crippen MR) is 165 cm³/mol. The molecule has 0 radical (unpaired) electrons. The molecule has 0 aliphatic rings. The Balaban J connectivity index is 1.57. The van der Waals surface area contributed by atoms with Gasteiger partial charge in [-0.15, -0.1) is 0 Å². The minimum atomic E-state index is -4.16. The van der Waals surface area contributed by atoms with Gasteiger partial charge in [0.15, 0.2) is 0 Å². The highest BCUT2D eigenvalue weighted by Crippen LogP contribution is 2.33. The van der Waals surface area contributed by atoms with E-state index in [4.69, 9.17) is 4.74 Å². The van der Waals surface area contributed by atoms with Crippen LogP contribution in [-0.4, -0.2) is 35.9 Å². The first kappa shape index (κ1) is 30.6. The largest absolute Gasteiger partial charge is 0.492 e. The van der Waals surface area contributed by atoms with Gasteiger partial charge in [-0.2, -0.15) is 0 Å². The van der Waals surface area contributed by atoms with Crippen LogP contribution in [0.25, 0.3) is 0 Å². The number of nitrogens with one attached hydrogen (secondary N) is 2. The van der Waals surface area contributed by atoms with E-state index < -0.39 is 32.5 Å². The number of rotatable bonds is 11. The number of para-hydroxylation sites is 2. The zero-order valence-electron chi connectivity index (χ0n) is 23.8. The van der Waals surface area contributed by atoms with Crippen molar-refractivity contribution in [1.82, 2.24) is 0 Å². The normalized spacial score (nSPS) is 11.5. The van der Waals surface area contributed by atoms with E-state index in [1.807, 2.05) is 32.9 Å². The van der Waals surface area contributed by atoms with Crippen molar-refractivity contribution in [2.75, 3.05) is 27.5 Å². The van der Waals surface area contributed by atoms with Crippen LogP contribution in [0.5, 0.6) is 5.75 Å². The van der Waals surface area contributed by atoms with Crippen LogP contribution in [0.3, 0.4) is 0 Å². The van der Waals surface area contributed by atoms with Crippen molar-refractivity contribution in [2.24, 2.45) is 0 Å². The first-order chi connectivity index (χ1) is 19.9. The van der Waals surface area contributed by atoms with Crippen molar-refractivity contribution in [1.29, 1.82) is 0 Å². The lowest BCUT2D eigenvalue weighted by Crippen LogP contribution is -2.38. The Bertz CT molecular complexity index is 1790. The lowest BCUT2D eigenvalue weighted by molar-refractivity contribution is -0.114. The van der Waals surface area contributed by atoms with Gasteiger partial charge in [-0.3, -0.25) is 13.8 Å². The van der Waals surface area contributed by atoms with Crippen LogP contribution in [0.15, 0.2) is 101 Å². The highest BCUT2D eigenvalue weighted by molar-refractivity contribution is 7.93. The van der Waals surface area contributed by atoms with E-state index in [2.05, 4.69) is 10.0 Å². The molecular weight excluding hydrogens is 574 g/mol. The fourth-order valence-corrected chi connectivity index (χ4v) is 6.73. The first-order valence-corrected chi connectivity index (χ1v) is 16.1. The Hall–Kier alpha value is -4.35. The first-order valence-electron chi connectivity index (χ1n) is 13.2. The molecule has 0 aliphatic heterocycles. The fourth-order valence-electron chi connectivity index (χ4n) is 4.18. The topological polar surface area (TPSA) is 122 Å². The van der Waals surface area contributed by atoms with Gasteiger partial charge in [0.1, 0.15) is 12.3 Å². The Morgan fingerprint density at radius 3 is 2.07 bits per heavy atom. The molecule has 4 aromatic rings. The Kier molecular flexibility index (Phi) is 9.23. The molecule has 42 heavy (non-hydrogen) atoms. The van der Waals surface area contributed by atoms with E-state index in [1.54, 1.807) is 49.4 Å². The highest BCUT2D eigenvalue weighted by Gasteiger charge is 2.29. The molecule has 4 aromatic carbocycles. The maximum Gasteiger partial charge on any atom is 0.264 e. The minimum Gasteiger partial charge on any atom is -0.492 e. The number of hydrogen-bond donors (Lipinski definition) is 2. The van der Waals surface area contributed by atoms with Crippen LogP contribution >= 0.6 is 0 Å². The van der Waals surface area contributed by atoms with Gasteiger partial charge >= 0.3 is 0 Å². The van der Waals surface area contributed by atoms with Gasteiger partial charge in [0.2, 0.25) is 5.91 Å². The summed E-state index contributed by atoms with van der Waals surface area (Å²) in [5.74, 6) is -0.310. The number of nitrogens with zero attached hydrogens (tertiary/aromatic N) is 1. The Morgan fingerprint density at radius 2 is 1.40 bits per heavy atom. The average Bonchev–Trinajstić information content (AvgIpc) is 2.95. The zero-order valence-corrected chi connectivity index (χ0v) is 25.4. The molecule has 9 nitrogen and oxygen atoms in total. The van der Waals surface area contributed by atoms with Crippen LogP contribution in [0.4, 0.5) is 17.1 Å². The highest BCUT2D eigenvalue weighted by atomic mass is 32.2. The minimum absolute atomic E-state index is 0.00984. The Morgan fingerprint density at radius 1 is 0.786 bits per heavy atom. The number of hydrogen-bond acceptors (Lipinski definition) is 6. The van der Waals surface area contributed by atoms with E-state index in [9.17, 15) is 21.6 Å². The van der Waals surface area contributed by atoms with E-state index in [0.29, 0.717) is 23.7 Å². The summed E-state index contributed by atoms with van der Waals surface area (Å²) in [7, 11) is -8.04. The molecule has 1 amide bonds. The lowest BCUT2D eigenvalue weighted by atomic mass is 10.1. The number of carbonyl (C=O) groups excluding carboxylic acids is 1. The smallest absolute Gasteiger partial charge is 0.264 e. The summed E-state index contributed by atoms with van der Waals surface area (Å²) in [4.78, 5) is 13.2. The second-order valence-corrected chi connectivity index (χ2v) is 13.3. The molecule has 0 aromatic heterocycles. The predicted octanol–water partition coefficient (Wildman–Crippen LogP) is 5.65. The van der Waals surface area contributed by atoms with Crippen LogP contribution in [0, 0.1) is 20.8 Å².